The molecule has 6 heteroatoms. The van der Waals surface area contributed by atoms with Crippen LogP contribution in [0.5, 0.6) is 0 Å². The smallest absolute Gasteiger partial charge is 0.157 e. The van der Waals surface area contributed by atoms with E-state index in [1.165, 1.54) is 0 Å². The fraction of sp³-hybridized carbons (Fsp3) is 0. The predicted molar refractivity (Wildman–Crippen MR) is 65.9 cm³/mol. The van der Waals surface area contributed by atoms with E-state index < -0.39 is 0 Å². The van der Waals surface area contributed by atoms with Gasteiger partial charge < -0.3 is 0 Å². The summed E-state index contributed by atoms with van der Waals surface area (Å²) < 4.78 is 2.85. The van der Waals surface area contributed by atoms with Gasteiger partial charge in [0.2, 0.25) is 0 Å². The minimum atomic E-state index is 0.872. The molecule has 0 spiro atoms. The van der Waals surface area contributed by atoms with E-state index in [1.807, 2.05) is 17.5 Å². The zero-order valence-corrected chi connectivity index (χ0v) is 11.6. The molecular formula is C8H4Br2N2S2. The van der Waals surface area contributed by atoms with Crippen molar-refractivity contribution in [2.45, 2.75) is 9.37 Å². The van der Waals surface area contributed by atoms with Gasteiger partial charge in [-0.2, -0.15) is 0 Å². The highest BCUT2D eigenvalue weighted by Crippen LogP contribution is 2.34. The van der Waals surface area contributed by atoms with Gasteiger partial charge >= 0.3 is 0 Å². The van der Waals surface area contributed by atoms with Crippen LogP contribution in [-0.2, 0) is 0 Å². The Balaban J connectivity index is 2.23. The van der Waals surface area contributed by atoms with E-state index in [0.717, 1.165) is 18.4 Å². The second-order valence-electron chi connectivity index (χ2n) is 2.33. The maximum Gasteiger partial charge on any atom is 0.157 e. The van der Waals surface area contributed by atoms with Crippen LogP contribution >= 0.6 is 55.0 Å². The van der Waals surface area contributed by atoms with E-state index in [0.29, 0.717) is 0 Å². The topological polar surface area (TPSA) is 25.8 Å². The lowest BCUT2D eigenvalue weighted by Gasteiger charge is -1.98. The summed E-state index contributed by atoms with van der Waals surface area (Å²) >= 11 is 9.91. The maximum absolute atomic E-state index is 4.28. The molecule has 0 N–H and O–H groups in total. The average Bonchev–Trinajstić information content (AvgIpc) is 2.56. The third-order valence-electron chi connectivity index (χ3n) is 1.36. The molecule has 0 radical (unpaired) electrons. The number of aromatic nitrogens is 2. The van der Waals surface area contributed by atoms with Crippen LogP contribution in [0.25, 0.3) is 0 Å². The Morgan fingerprint density at radius 2 is 2.21 bits per heavy atom. The summed E-state index contributed by atoms with van der Waals surface area (Å²) in [6.45, 7) is 0. The van der Waals surface area contributed by atoms with Crippen LogP contribution in [0.3, 0.4) is 0 Å². The molecule has 0 atom stereocenters. The van der Waals surface area contributed by atoms with Crippen molar-refractivity contribution in [1.29, 1.82) is 0 Å². The summed E-state index contributed by atoms with van der Waals surface area (Å²) in [6, 6.07) is 3.86. The monoisotopic (exact) mass is 350 g/mol. The van der Waals surface area contributed by atoms with Gasteiger partial charge in [-0.25, -0.2) is 9.97 Å². The van der Waals surface area contributed by atoms with Crippen LogP contribution in [0.1, 0.15) is 0 Å². The molecule has 2 aromatic heterocycles. The molecule has 0 bridgehead atoms. The van der Waals surface area contributed by atoms with Crippen molar-refractivity contribution < 1.29 is 0 Å². The Morgan fingerprint density at radius 1 is 1.36 bits per heavy atom. The second kappa shape index (κ2) is 4.74. The first-order chi connectivity index (χ1) is 6.75. The van der Waals surface area contributed by atoms with Crippen molar-refractivity contribution in [3.63, 3.8) is 0 Å². The van der Waals surface area contributed by atoms with Gasteiger partial charge in [0.25, 0.3) is 0 Å². The van der Waals surface area contributed by atoms with Gasteiger partial charge in [-0.05, 0) is 55.8 Å². The summed E-state index contributed by atoms with van der Waals surface area (Å²) in [4.78, 5) is 8.53. The van der Waals surface area contributed by atoms with Crippen molar-refractivity contribution in [2.24, 2.45) is 0 Å². The summed E-state index contributed by atoms with van der Waals surface area (Å²) in [6.07, 6.45) is 1.77. The zero-order valence-electron chi connectivity index (χ0n) is 6.78. The molecule has 2 rings (SSSR count). The Kier molecular flexibility index (Phi) is 3.59. The van der Waals surface area contributed by atoms with Crippen LogP contribution < -0.4 is 0 Å². The van der Waals surface area contributed by atoms with Crippen LogP contribution in [0.4, 0.5) is 0 Å². The van der Waals surface area contributed by atoms with Gasteiger partial charge in [0, 0.05) is 11.6 Å². The first-order valence-corrected chi connectivity index (χ1v) is 6.93. The third kappa shape index (κ3) is 2.56. The minimum absolute atomic E-state index is 0.872. The second-order valence-corrected chi connectivity index (χ2v) is 6.09. The predicted octanol–water partition coefficient (Wildman–Crippen LogP) is 4.21. The molecule has 0 fully saturated rings. The fourth-order valence-electron chi connectivity index (χ4n) is 0.815. The summed E-state index contributed by atoms with van der Waals surface area (Å²) in [5.41, 5.74) is 0. The van der Waals surface area contributed by atoms with Gasteiger partial charge in [0.15, 0.2) is 4.34 Å². The molecule has 0 unspecified atom stereocenters. The van der Waals surface area contributed by atoms with Gasteiger partial charge in [-0.1, -0.05) is 0 Å². The van der Waals surface area contributed by atoms with E-state index in [-0.39, 0.29) is 0 Å². The van der Waals surface area contributed by atoms with Gasteiger partial charge in [0.1, 0.15) is 9.63 Å². The summed E-state index contributed by atoms with van der Waals surface area (Å²) in [5.74, 6) is 0. The quantitative estimate of drug-likeness (QED) is 0.810. The molecule has 0 aliphatic carbocycles. The molecule has 14 heavy (non-hydrogen) atoms. The van der Waals surface area contributed by atoms with Crippen LogP contribution in [0, 0.1) is 0 Å². The standard InChI is InChI=1S/C8H4Br2N2S2/c9-5-2-1-3-11-7(5)14-8-12-6(10)4-13-8/h1-4H. The average molecular weight is 352 g/mol. The molecule has 2 nitrogen and oxygen atoms in total. The van der Waals surface area contributed by atoms with E-state index >= 15 is 0 Å². The lowest BCUT2D eigenvalue weighted by atomic mass is 10.5. The number of hydrogen-bond donors (Lipinski definition) is 0. The largest absolute Gasteiger partial charge is 0.248 e. The lowest BCUT2D eigenvalue weighted by Crippen LogP contribution is -1.79. The Hall–Kier alpha value is 0.0900. The molecule has 0 saturated carbocycles. The lowest BCUT2D eigenvalue weighted by molar-refractivity contribution is 1.10. The number of hydrogen-bond acceptors (Lipinski definition) is 4. The Labute approximate surface area is 106 Å². The highest BCUT2D eigenvalue weighted by Gasteiger charge is 2.06. The van der Waals surface area contributed by atoms with E-state index in [1.54, 1.807) is 29.3 Å². The number of nitrogens with zero attached hydrogens (tertiary/aromatic N) is 2. The summed E-state index contributed by atoms with van der Waals surface area (Å²) in [7, 11) is 0. The molecule has 0 aliphatic rings. The molecule has 72 valence electrons. The minimum Gasteiger partial charge on any atom is -0.248 e. The van der Waals surface area contributed by atoms with Crippen molar-refractivity contribution >= 4 is 55.0 Å². The Bertz CT molecular complexity index is 444. The molecular weight excluding hydrogens is 348 g/mol. The zero-order chi connectivity index (χ0) is 9.97. The van der Waals surface area contributed by atoms with E-state index in [4.69, 9.17) is 0 Å². The number of rotatable bonds is 2. The van der Waals surface area contributed by atoms with Crippen LogP contribution in [0.15, 0.2) is 42.2 Å². The van der Waals surface area contributed by atoms with Gasteiger partial charge in [-0.3, -0.25) is 0 Å². The van der Waals surface area contributed by atoms with E-state index in [9.17, 15) is 0 Å². The fourth-order valence-corrected chi connectivity index (χ4v) is 3.57. The first-order valence-electron chi connectivity index (χ1n) is 3.65. The number of pyridine rings is 1. The molecule has 0 aliphatic heterocycles. The molecule has 2 heterocycles. The number of thiazole rings is 1. The maximum atomic E-state index is 4.28. The SMILES string of the molecule is Brc1csc(Sc2ncccc2Br)n1. The van der Waals surface area contributed by atoms with Gasteiger partial charge in [0.05, 0.1) is 4.47 Å². The van der Waals surface area contributed by atoms with Crippen molar-refractivity contribution in [1.82, 2.24) is 9.97 Å². The summed E-state index contributed by atoms with van der Waals surface area (Å²) in [5, 5.41) is 2.90. The highest BCUT2D eigenvalue weighted by atomic mass is 79.9. The van der Waals surface area contributed by atoms with E-state index in [2.05, 4.69) is 41.8 Å². The molecule has 2 aromatic rings. The molecule has 0 amide bonds. The van der Waals surface area contributed by atoms with Crippen molar-refractivity contribution in [3.8, 4) is 0 Å². The van der Waals surface area contributed by atoms with Crippen molar-refractivity contribution in [3.05, 3.63) is 32.8 Å². The molecule has 0 aromatic carbocycles. The van der Waals surface area contributed by atoms with Crippen LogP contribution in [0.2, 0.25) is 0 Å². The highest BCUT2D eigenvalue weighted by molar-refractivity contribution is 9.10. The molecule has 0 saturated heterocycles. The normalized spacial score (nSPS) is 10.4. The third-order valence-corrected chi connectivity index (χ3v) is 4.93. The van der Waals surface area contributed by atoms with Gasteiger partial charge in [-0.15, -0.1) is 11.3 Å². The van der Waals surface area contributed by atoms with Crippen LogP contribution in [-0.4, -0.2) is 9.97 Å². The Morgan fingerprint density at radius 3 is 2.86 bits per heavy atom. The van der Waals surface area contributed by atoms with Crippen molar-refractivity contribution in [2.75, 3.05) is 0 Å². The first kappa shape index (κ1) is 10.6. The number of halogens is 2.